The zero-order chi connectivity index (χ0) is 17.3. The third kappa shape index (κ3) is 2.57. The summed E-state index contributed by atoms with van der Waals surface area (Å²) in [7, 11) is 3.08. The van der Waals surface area contributed by atoms with Crippen LogP contribution in [0.1, 0.15) is 33.3 Å². The van der Waals surface area contributed by atoms with E-state index >= 15 is 0 Å². The summed E-state index contributed by atoms with van der Waals surface area (Å²) in [5.41, 5.74) is 2.06. The van der Waals surface area contributed by atoms with E-state index in [1.165, 1.54) is 24.3 Å². The number of fused-ring (bicyclic) bond motifs is 1. The van der Waals surface area contributed by atoms with E-state index in [1.54, 1.807) is 19.2 Å². The maximum atomic E-state index is 12.6. The summed E-state index contributed by atoms with van der Waals surface area (Å²) in [5, 5.41) is 19.4. The largest absolute Gasteiger partial charge is 0.496 e. The van der Waals surface area contributed by atoms with Gasteiger partial charge in [0.2, 0.25) is 0 Å². The SMILES string of the molecule is COc1ccc(OC)c2c1CN(C(=O)c1cc(C#N)c[nH]1)CC2O. The van der Waals surface area contributed by atoms with E-state index in [0.29, 0.717) is 28.3 Å². The van der Waals surface area contributed by atoms with Crippen LogP contribution in [0.15, 0.2) is 24.4 Å². The molecule has 0 radical (unpaired) electrons. The number of hydrogen-bond donors (Lipinski definition) is 2. The number of ether oxygens (including phenoxy) is 2. The number of amides is 1. The highest BCUT2D eigenvalue weighted by molar-refractivity contribution is 5.93. The van der Waals surface area contributed by atoms with E-state index in [0.717, 1.165) is 5.56 Å². The highest BCUT2D eigenvalue weighted by atomic mass is 16.5. The molecule has 1 amide bonds. The van der Waals surface area contributed by atoms with Gasteiger partial charge in [0.15, 0.2) is 0 Å². The van der Waals surface area contributed by atoms with Crippen LogP contribution in [0.5, 0.6) is 11.5 Å². The molecule has 0 fully saturated rings. The maximum Gasteiger partial charge on any atom is 0.270 e. The number of β-amino-alcohol motifs (C(OH)–C–C–N with tert-alkyl or cyclic N) is 1. The van der Waals surface area contributed by atoms with E-state index in [4.69, 9.17) is 14.7 Å². The first kappa shape index (κ1) is 15.9. The number of aliphatic hydroxyl groups is 1. The number of hydrogen-bond acceptors (Lipinski definition) is 5. The lowest BCUT2D eigenvalue weighted by Gasteiger charge is -2.33. The minimum atomic E-state index is -0.881. The third-order valence-electron chi connectivity index (χ3n) is 4.12. The van der Waals surface area contributed by atoms with Crippen molar-refractivity contribution < 1.29 is 19.4 Å². The van der Waals surface area contributed by atoms with Crippen molar-refractivity contribution in [2.45, 2.75) is 12.6 Å². The lowest BCUT2D eigenvalue weighted by Crippen LogP contribution is -2.38. The van der Waals surface area contributed by atoms with Crippen LogP contribution in [0.4, 0.5) is 0 Å². The Labute approximate surface area is 139 Å². The number of benzene rings is 1. The molecule has 2 N–H and O–H groups in total. The third-order valence-corrected chi connectivity index (χ3v) is 4.12. The second kappa shape index (κ2) is 6.26. The van der Waals surface area contributed by atoms with Gasteiger partial charge in [0.25, 0.3) is 5.91 Å². The summed E-state index contributed by atoms with van der Waals surface area (Å²) in [6.45, 7) is 0.419. The number of H-pyrrole nitrogens is 1. The van der Waals surface area contributed by atoms with Crippen molar-refractivity contribution in [3.8, 4) is 17.6 Å². The lowest BCUT2D eigenvalue weighted by atomic mass is 9.95. The molecule has 0 saturated heterocycles. The van der Waals surface area contributed by atoms with Gasteiger partial charge in [0.1, 0.15) is 29.4 Å². The standard InChI is InChI=1S/C17H17N3O4/c1-23-14-3-4-15(24-2)16-11(14)8-20(9-13(16)21)17(22)12-5-10(6-18)7-19-12/h3-5,7,13,19,21H,8-9H2,1-2H3. The fourth-order valence-corrected chi connectivity index (χ4v) is 2.98. The zero-order valence-electron chi connectivity index (χ0n) is 13.4. The van der Waals surface area contributed by atoms with Gasteiger partial charge in [-0.25, -0.2) is 0 Å². The molecule has 1 unspecified atom stereocenters. The Morgan fingerprint density at radius 3 is 2.71 bits per heavy atom. The molecule has 7 nitrogen and oxygen atoms in total. The predicted octanol–water partition coefficient (Wildman–Crippen LogP) is 1.59. The molecule has 124 valence electrons. The van der Waals surface area contributed by atoms with Gasteiger partial charge in [0, 0.05) is 17.3 Å². The molecule has 1 aromatic carbocycles. The minimum absolute atomic E-state index is 0.135. The van der Waals surface area contributed by atoms with Crippen molar-refractivity contribution in [1.82, 2.24) is 9.88 Å². The molecule has 1 aromatic heterocycles. The number of nitrogens with zero attached hydrogens (tertiary/aromatic N) is 2. The van der Waals surface area contributed by atoms with Crippen molar-refractivity contribution in [2.75, 3.05) is 20.8 Å². The summed E-state index contributed by atoms with van der Waals surface area (Å²) in [5.74, 6) is 0.870. The summed E-state index contributed by atoms with van der Waals surface area (Å²) in [6.07, 6.45) is 0.596. The van der Waals surface area contributed by atoms with Gasteiger partial charge in [0.05, 0.1) is 32.9 Å². The Morgan fingerprint density at radius 2 is 2.08 bits per heavy atom. The van der Waals surface area contributed by atoms with Crippen LogP contribution >= 0.6 is 0 Å². The molecule has 1 aliphatic rings. The second-order valence-electron chi connectivity index (χ2n) is 5.48. The van der Waals surface area contributed by atoms with Gasteiger partial charge in [-0.05, 0) is 18.2 Å². The first-order valence-corrected chi connectivity index (χ1v) is 7.38. The molecule has 3 rings (SSSR count). The van der Waals surface area contributed by atoms with Gasteiger partial charge in [-0.1, -0.05) is 0 Å². The van der Waals surface area contributed by atoms with Gasteiger partial charge < -0.3 is 24.5 Å². The Hall–Kier alpha value is -2.98. The Balaban J connectivity index is 1.96. The van der Waals surface area contributed by atoms with Crippen molar-refractivity contribution in [1.29, 1.82) is 5.26 Å². The highest BCUT2D eigenvalue weighted by Crippen LogP contribution is 2.39. The van der Waals surface area contributed by atoms with Crippen LogP contribution < -0.4 is 9.47 Å². The number of carbonyl (C=O) groups is 1. The number of aliphatic hydroxyl groups excluding tert-OH is 1. The molecule has 1 atom stereocenters. The average Bonchev–Trinajstić information content (AvgIpc) is 3.09. The summed E-state index contributed by atoms with van der Waals surface area (Å²) >= 11 is 0. The molecule has 0 saturated carbocycles. The number of nitrogens with one attached hydrogen (secondary N) is 1. The maximum absolute atomic E-state index is 12.6. The van der Waals surface area contributed by atoms with Crippen LogP contribution in [-0.4, -0.2) is 41.7 Å². The van der Waals surface area contributed by atoms with Gasteiger partial charge in [-0.15, -0.1) is 0 Å². The topological polar surface area (TPSA) is 98.6 Å². The first-order valence-electron chi connectivity index (χ1n) is 7.38. The van der Waals surface area contributed by atoms with Crippen LogP contribution in [0.3, 0.4) is 0 Å². The van der Waals surface area contributed by atoms with E-state index in [2.05, 4.69) is 4.98 Å². The van der Waals surface area contributed by atoms with Crippen molar-refractivity contribution in [2.24, 2.45) is 0 Å². The van der Waals surface area contributed by atoms with Crippen LogP contribution in [0, 0.1) is 11.3 Å². The second-order valence-corrected chi connectivity index (χ2v) is 5.48. The summed E-state index contributed by atoms with van der Waals surface area (Å²) in [4.78, 5) is 16.9. The molecule has 7 heteroatoms. The highest BCUT2D eigenvalue weighted by Gasteiger charge is 2.32. The minimum Gasteiger partial charge on any atom is -0.496 e. The molecule has 2 heterocycles. The molecule has 0 spiro atoms. The Kier molecular flexibility index (Phi) is 4.15. The number of rotatable bonds is 3. The summed E-state index contributed by atoms with van der Waals surface area (Å²) < 4.78 is 10.7. The number of nitriles is 1. The van der Waals surface area contributed by atoms with Crippen LogP contribution in [0.25, 0.3) is 0 Å². The zero-order valence-corrected chi connectivity index (χ0v) is 13.4. The molecule has 0 bridgehead atoms. The van der Waals surface area contributed by atoms with Crippen molar-refractivity contribution in [3.63, 3.8) is 0 Å². The quantitative estimate of drug-likeness (QED) is 0.892. The normalized spacial score (nSPS) is 16.2. The van der Waals surface area contributed by atoms with E-state index in [-0.39, 0.29) is 19.0 Å². The van der Waals surface area contributed by atoms with Gasteiger partial charge >= 0.3 is 0 Å². The fourth-order valence-electron chi connectivity index (χ4n) is 2.98. The van der Waals surface area contributed by atoms with E-state index < -0.39 is 6.10 Å². The molecule has 1 aliphatic heterocycles. The van der Waals surface area contributed by atoms with Gasteiger partial charge in [-0.2, -0.15) is 5.26 Å². The Morgan fingerprint density at radius 1 is 1.38 bits per heavy atom. The first-order chi connectivity index (χ1) is 11.6. The average molecular weight is 327 g/mol. The fraction of sp³-hybridized carbons (Fsp3) is 0.294. The monoisotopic (exact) mass is 327 g/mol. The molecule has 2 aromatic rings. The number of aromatic nitrogens is 1. The summed E-state index contributed by atoms with van der Waals surface area (Å²) in [6, 6.07) is 6.96. The Bertz CT molecular complexity index is 822. The van der Waals surface area contributed by atoms with Crippen LogP contribution in [0.2, 0.25) is 0 Å². The smallest absolute Gasteiger partial charge is 0.270 e. The molecular weight excluding hydrogens is 310 g/mol. The number of methoxy groups -OCH3 is 2. The van der Waals surface area contributed by atoms with E-state index in [1.807, 2.05) is 6.07 Å². The van der Waals surface area contributed by atoms with Crippen molar-refractivity contribution >= 4 is 5.91 Å². The van der Waals surface area contributed by atoms with Crippen molar-refractivity contribution in [3.05, 3.63) is 46.8 Å². The molecular formula is C17H17N3O4. The predicted molar refractivity (Wildman–Crippen MR) is 84.8 cm³/mol. The molecule has 24 heavy (non-hydrogen) atoms. The van der Waals surface area contributed by atoms with Crippen LogP contribution in [-0.2, 0) is 6.54 Å². The lowest BCUT2D eigenvalue weighted by molar-refractivity contribution is 0.0534. The number of aromatic amines is 1. The van der Waals surface area contributed by atoms with E-state index in [9.17, 15) is 9.90 Å². The molecule has 0 aliphatic carbocycles. The van der Waals surface area contributed by atoms with Gasteiger partial charge in [-0.3, -0.25) is 4.79 Å². The number of carbonyl (C=O) groups excluding carboxylic acids is 1.